The average molecular weight is 268 g/mol. The van der Waals surface area contributed by atoms with E-state index in [-0.39, 0.29) is 18.8 Å². The molecule has 1 atom stereocenters. The molecule has 1 aromatic rings. The minimum Gasteiger partial charge on any atom is -0.480 e. The summed E-state index contributed by atoms with van der Waals surface area (Å²) in [6.07, 6.45) is 2.37. The van der Waals surface area contributed by atoms with Gasteiger partial charge in [0, 0.05) is 6.42 Å². The van der Waals surface area contributed by atoms with Crippen molar-refractivity contribution in [3.8, 4) is 0 Å². The molecule has 0 radical (unpaired) electrons. The highest BCUT2D eigenvalue weighted by Gasteiger charge is 2.20. The standard InChI is InChI=1S/C9H12N6O4/c10-6(16)2-1-5(7(17)18)13-9(19)14-8-11-3-4-12-15-8/h3-5H,1-2H2,(H2,10,16)(H,17,18)(H2,11,13,14,15,19)/t5-/m1/s1. The first-order valence-electron chi connectivity index (χ1n) is 5.21. The predicted molar refractivity (Wildman–Crippen MR) is 61.8 cm³/mol. The van der Waals surface area contributed by atoms with Crippen LogP contribution < -0.4 is 16.4 Å². The van der Waals surface area contributed by atoms with E-state index < -0.39 is 23.9 Å². The summed E-state index contributed by atoms with van der Waals surface area (Å²) in [5, 5.41) is 20.2. The van der Waals surface area contributed by atoms with Crippen LogP contribution in [0.5, 0.6) is 0 Å². The van der Waals surface area contributed by atoms with Gasteiger partial charge in [0.15, 0.2) is 0 Å². The molecule has 3 amide bonds. The Kier molecular flexibility index (Phi) is 5.14. The zero-order valence-electron chi connectivity index (χ0n) is 9.74. The van der Waals surface area contributed by atoms with Gasteiger partial charge in [0.25, 0.3) is 5.95 Å². The van der Waals surface area contributed by atoms with Crippen molar-refractivity contribution in [3.05, 3.63) is 12.4 Å². The predicted octanol–water partition coefficient (Wildman–Crippen LogP) is -1.29. The molecule has 0 unspecified atom stereocenters. The normalized spacial score (nSPS) is 11.4. The Bertz CT molecular complexity index is 465. The number of hydrogen-bond acceptors (Lipinski definition) is 6. The number of aliphatic carboxylic acids is 1. The van der Waals surface area contributed by atoms with Crippen molar-refractivity contribution in [1.82, 2.24) is 20.5 Å². The van der Waals surface area contributed by atoms with Crippen LogP contribution in [0.2, 0.25) is 0 Å². The van der Waals surface area contributed by atoms with E-state index in [2.05, 4.69) is 25.8 Å². The summed E-state index contributed by atoms with van der Waals surface area (Å²) < 4.78 is 0. The molecule has 0 aliphatic heterocycles. The van der Waals surface area contributed by atoms with Gasteiger partial charge in [-0.1, -0.05) is 0 Å². The largest absolute Gasteiger partial charge is 0.480 e. The maximum atomic E-state index is 11.5. The summed E-state index contributed by atoms with van der Waals surface area (Å²) in [5.41, 5.74) is 4.91. The molecule has 0 aromatic carbocycles. The molecule has 10 heteroatoms. The molecule has 0 spiro atoms. The third-order valence-electron chi connectivity index (χ3n) is 1.99. The van der Waals surface area contributed by atoms with Gasteiger partial charge in [-0.05, 0) is 6.42 Å². The fourth-order valence-electron chi connectivity index (χ4n) is 1.14. The van der Waals surface area contributed by atoms with Crippen LogP contribution in [0.3, 0.4) is 0 Å². The molecule has 1 rings (SSSR count). The van der Waals surface area contributed by atoms with Crippen LogP contribution >= 0.6 is 0 Å². The molecule has 5 N–H and O–H groups in total. The molecule has 19 heavy (non-hydrogen) atoms. The summed E-state index contributed by atoms with van der Waals surface area (Å²) in [6, 6.07) is -2.05. The van der Waals surface area contributed by atoms with Gasteiger partial charge < -0.3 is 16.2 Å². The molecule has 0 fully saturated rings. The number of urea groups is 1. The quantitative estimate of drug-likeness (QED) is 0.499. The SMILES string of the molecule is NC(=O)CC[C@@H](NC(=O)Nc1nccnn1)C(=O)O. The van der Waals surface area contributed by atoms with Gasteiger partial charge in [-0.2, -0.15) is 5.10 Å². The lowest BCUT2D eigenvalue weighted by atomic mass is 10.1. The van der Waals surface area contributed by atoms with E-state index in [4.69, 9.17) is 10.8 Å². The molecule has 0 saturated carbocycles. The molecule has 1 aromatic heterocycles. The molecule has 102 valence electrons. The highest BCUT2D eigenvalue weighted by atomic mass is 16.4. The number of carbonyl (C=O) groups is 3. The third kappa shape index (κ3) is 5.39. The van der Waals surface area contributed by atoms with E-state index in [1.54, 1.807) is 0 Å². The second-order valence-electron chi connectivity index (χ2n) is 3.46. The molecule has 0 saturated heterocycles. The van der Waals surface area contributed by atoms with Crippen LogP contribution in [0.1, 0.15) is 12.8 Å². The van der Waals surface area contributed by atoms with Crippen LogP contribution in [0.25, 0.3) is 0 Å². The van der Waals surface area contributed by atoms with Crippen molar-refractivity contribution in [2.24, 2.45) is 5.73 Å². The van der Waals surface area contributed by atoms with Gasteiger partial charge >= 0.3 is 12.0 Å². The van der Waals surface area contributed by atoms with Crippen molar-refractivity contribution in [2.75, 3.05) is 5.32 Å². The van der Waals surface area contributed by atoms with Crippen molar-refractivity contribution in [2.45, 2.75) is 18.9 Å². The lowest BCUT2D eigenvalue weighted by molar-refractivity contribution is -0.139. The van der Waals surface area contributed by atoms with Gasteiger partial charge in [-0.15, -0.1) is 5.10 Å². The number of hydrogen-bond donors (Lipinski definition) is 4. The summed E-state index contributed by atoms with van der Waals surface area (Å²) in [5.74, 6) is -1.99. The average Bonchev–Trinajstić information content (AvgIpc) is 2.35. The highest BCUT2D eigenvalue weighted by Crippen LogP contribution is 1.99. The van der Waals surface area contributed by atoms with Gasteiger partial charge in [-0.25, -0.2) is 14.6 Å². The number of carboxylic acids is 1. The Morgan fingerprint density at radius 2 is 2.11 bits per heavy atom. The number of primary amides is 1. The second-order valence-corrected chi connectivity index (χ2v) is 3.46. The van der Waals surface area contributed by atoms with Crippen LogP contribution in [0.4, 0.5) is 10.7 Å². The Morgan fingerprint density at radius 1 is 1.37 bits per heavy atom. The number of anilines is 1. The number of nitrogens with two attached hydrogens (primary N) is 1. The highest BCUT2D eigenvalue weighted by molar-refractivity contribution is 5.90. The van der Waals surface area contributed by atoms with E-state index in [0.717, 1.165) is 0 Å². The maximum Gasteiger partial charge on any atom is 0.326 e. The van der Waals surface area contributed by atoms with E-state index in [9.17, 15) is 14.4 Å². The maximum absolute atomic E-state index is 11.5. The first-order valence-corrected chi connectivity index (χ1v) is 5.21. The molecule has 1 heterocycles. The van der Waals surface area contributed by atoms with Crippen LogP contribution in [-0.2, 0) is 9.59 Å². The van der Waals surface area contributed by atoms with Gasteiger partial charge in [0.2, 0.25) is 5.91 Å². The molecule has 0 aliphatic rings. The van der Waals surface area contributed by atoms with Crippen LogP contribution in [0, 0.1) is 0 Å². The molecular formula is C9H12N6O4. The van der Waals surface area contributed by atoms with Crippen LogP contribution in [0.15, 0.2) is 12.4 Å². The molecular weight excluding hydrogens is 256 g/mol. The summed E-state index contributed by atoms with van der Waals surface area (Å²) in [4.78, 5) is 36.6. The lowest BCUT2D eigenvalue weighted by Crippen LogP contribution is -2.43. The van der Waals surface area contributed by atoms with Crippen molar-refractivity contribution >= 4 is 23.9 Å². The zero-order chi connectivity index (χ0) is 14.3. The number of rotatable bonds is 6. The number of nitrogens with zero attached hydrogens (tertiary/aromatic N) is 3. The van der Waals surface area contributed by atoms with Gasteiger partial charge in [-0.3, -0.25) is 10.1 Å². The monoisotopic (exact) mass is 268 g/mol. The van der Waals surface area contributed by atoms with Crippen molar-refractivity contribution in [1.29, 1.82) is 0 Å². The lowest BCUT2D eigenvalue weighted by Gasteiger charge is -2.13. The molecule has 10 nitrogen and oxygen atoms in total. The van der Waals surface area contributed by atoms with E-state index in [0.29, 0.717) is 0 Å². The number of carbonyl (C=O) groups excluding carboxylic acids is 2. The number of aromatic nitrogens is 3. The summed E-state index contributed by atoms with van der Waals surface area (Å²) >= 11 is 0. The van der Waals surface area contributed by atoms with Crippen molar-refractivity contribution < 1.29 is 19.5 Å². The minimum absolute atomic E-state index is 0.0703. The Hall–Kier alpha value is -2.78. The fourth-order valence-corrected chi connectivity index (χ4v) is 1.14. The van der Waals surface area contributed by atoms with Gasteiger partial charge in [0.05, 0.1) is 12.4 Å². The van der Waals surface area contributed by atoms with Crippen molar-refractivity contribution in [3.63, 3.8) is 0 Å². The summed E-state index contributed by atoms with van der Waals surface area (Å²) in [7, 11) is 0. The van der Waals surface area contributed by atoms with E-state index in [1.165, 1.54) is 12.4 Å². The minimum atomic E-state index is -1.27. The first kappa shape index (κ1) is 14.3. The number of amides is 3. The van der Waals surface area contributed by atoms with E-state index in [1.807, 2.05) is 0 Å². The molecule has 0 bridgehead atoms. The van der Waals surface area contributed by atoms with Crippen LogP contribution in [-0.4, -0.2) is 44.2 Å². The fraction of sp³-hybridized carbons (Fsp3) is 0.333. The summed E-state index contributed by atoms with van der Waals surface area (Å²) in [6.45, 7) is 0. The Balaban J connectivity index is 2.52. The first-order chi connectivity index (χ1) is 8.99. The second kappa shape index (κ2) is 6.83. The van der Waals surface area contributed by atoms with E-state index >= 15 is 0 Å². The smallest absolute Gasteiger partial charge is 0.326 e. The topological polar surface area (TPSA) is 160 Å². The zero-order valence-corrected chi connectivity index (χ0v) is 9.74. The third-order valence-corrected chi connectivity index (χ3v) is 1.99. The number of carboxylic acid groups (broad SMARTS) is 1. The number of nitrogens with one attached hydrogen (secondary N) is 2. The molecule has 0 aliphatic carbocycles. The Labute approximate surface area is 107 Å². The van der Waals surface area contributed by atoms with Gasteiger partial charge in [0.1, 0.15) is 6.04 Å². The Morgan fingerprint density at radius 3 is 2.63 bits per heavy atom.